The van der Waals surface area contributed by atoms with E-state index < -0.39 is 0 Å². The Labute approximate surface area is 186 Å². The van der Waals surface area contributed by atoms with Gasteiger partial charge in [-0.05, 0) is 49.4 Å². The first-order valence-electron chi connectivity index (χ1n) is 10.2. The first-order valence-corrected chi connectivity index (χ1v) is 10.9. The molecule has 2 aliphatic rings. The van der Waals surface area contributed by atoms with Gasteiger partial charge in [-0.25, -0.2) is 14.8 Å². The summed E-state index contributed by atoms with van der Waals surface area (Å²) in [6.07, 6.45) is 4.50. The molecule has 2 aromatic rings. The van der Waals surface area contributed by atoms with Gasteiger partial charge in [-0.2, -0.15) is 0 Å². The van der Waals surface area contributed by atoms with Gasteiger partial charge in [-0.15, -0.1) is 0 Å². The van der Waals surface area contributed by atoms with Crippen molar-refractivity contribution in [1.82, 2.24) is 20.2 Å². The number of nitrogens with zero attached hydrogens (tertiary/aromatic N) is 3. The number of carbonyl (C=O) groups excluding carboxylic acids is 1. The third-order valence-electron chi connectivity index (χ3n) is 5.57. The van der Waals surface area contributed by atoms with E-state index in [2.05, 4.69) is 20.6 Å². The average Bonchev–Trinajstić information content (AvgIpc) is 2.75. The molecular formula is C21H25Cl2N5O2. The average molecular weight is 450 g/mol. The van der Waals surface area contributed by atoms with Crippen molar-refractivity contribution in [1.29, 1.82) is 0 Å². The van der Waals surface area contributed by atoms with Crippen molar-refractivity contribution in [3.8, 4) is 0 Å². The fourth-order valence-corrected chi connectivity index (χ4v) is 4.02. The number of anilines is 1. The van der Waals surface area contributed by atoms with E-state index in [0.29, 0.717) is 35.1 Å². The molecule has 1 atom stereocenters. The number of carbonyl (C=O) groups is 1. The van der Waals surface area contributed by atoms with Gasteiger partial charge in [0.2, 0.25) is 5.95 Å². The Hall–Kier alpha value is -2.09. The largest absolute Gasteiger partial charge is 0.381 e. The summed E-state index contributed by atoms with van der Waals surface area (Å²) in [4.78, 5) is 23.7. The van der Waals surface area contributed by atoms with Gasteiger partial charge in [0.15, 0.2) is 0 Å². The van der Waals surface area contributed by atoms with Crippen LogP contribution in [0.5, 0.6) is 0 Å². The van der Waals surface area contributed by atoms with E-state index in [1.165, 1.54) is 0 Å². The van der Waals surface area contributed by atoms with Crippen molar-refractivity contribution < 1.29 is 9.53 Å². The van der Waals surface area contributed by atoms with Crippen molar-refractivity contribution in [2.45, 2.75) is 44.8 Å². The minimum absolute atomic E-state index is 0.128. The van der Waals surface area contributed by atoms with Crippen molar-refractivity contribution in [2.75, 3.05) is 25.1 Å². The molecule has 1 saturated heterocycles. The fraction of sp³-hybridized carbons (Fsp3) is 0.476. The van der Waals surface area contributed by atoms with Crippen LogP contribution in [-0.4, -0.2) is 46.7 Å². The van der Waals surface area contributed by atoms with E-state index in [9.17, 15) is 4.79 Å². The number of aromatic nitrogens is 2. The third-order valence-corrected chi connectivity index (χ3v) is 6.31. The van der Waals surface area contributed by atoms with E-state index in [4.69, 9.17) is 27.9 Å². The highest BCUT2D eigenvalue weighted by molar-refractivity contribution is 6.42. The van der Waals surface area contributed by atoms with E-state index in [0.717, 1.165) is 49.3 Å². The Balaban J connectivity index is 1.39. The molecule has 2 N–H and O–H groups in total. The van der Waals surface area contributed by atoms with Crippen LogP contribution in [0.3, 0.4) is 0 Å². The van der Waals surface area contributed by atoms with E-state index in [1.807, 2.05) is 19.2 Å². The third kappa shape index (κ3) is 4.96. The molecule has 2 amide bonds. The van der Waals surface area contributed by atoms with Crippen LogP contribution >= 0.6 is 23.2 Å². The summed E-state index contributed by atoms with van der Waals surface area (Å²) >= 11 is 12.1. The number of hydrogen-bond acceptors (Lipinski definition) is 5. The summed E-state index contributed by atoms with van der Waals surface area (Å²) in [5, 5.41) is 7.40. The number of urea groups is 1. The molecule has 30 heavy (non-hydrogen) atoms. The molecule has 4 rings (SSSR count). The van der Waals surface area contributed by atoms with Crippen LogP contribution in [0.2, 0.25) is 10.0 Å². The monoisotopic (exact) mass is 449 g/mol. The quantitative estimate of drug-likeness (QED) is 0.730. The maximum absolute atomic E-state index is 12.8. The van der Waals surface area contributed by atoms with Gasteiger partial charge in [-0.1, -0.05) is 29.3 Å². The lowest BCUT2D eigenvalue weighted by molar-refractivity contribution is 0.0903. The van der Waals surface area contributed by atoms with Crippen LogP contribution in [-0.2, 0) is 17.7 Å². The first-order chi connectivity index (χ1) is 14.5. The molecule has 1 aromatic carbocycles. The predicted octanol–water partition coefficient (Wildman–Crippen LogP) is 4.20. The van der Waals surface area contributed by atoms with Crippen molar-refractivity contribution in [2.24, 2.45) is 0 Å². The van der Waals surface area contributed by atoms with Gasteiger partial charge < -0.3 is 20.3 Å². The van der Waals surface area contributed by atoms with Crippen molar-refractivity contribution in [3.63, 3.8) is 0 Å². The highest BCUT2D eigenvalue weighted by Gasteiger charge is 2.24. The SMILES string of the molecule is C[C@@H](NC(=O)N1CCc2cnc(NC3CCOCC3)nc2C1)c1ccc(Cl)c(Cl)c1. The number of nitrogens with one attached hydrogen (secondary N) is 2. The zero-order valence-electron chi connectivity index (χ0n) is 16.8. The van der Waals surface area contributed by atoms with Crippen LogP contribution in [0.4, 0.5) is 10.7 Å². The molecule has 0 bridgehead atoms. The lowest BCUT2D eigenvalue weighted by atomic mass is 10.1. The summed E-state index contributed by atoms with van der Waals surface area (Å²) in [5.41, 5.74) is 2.89. The molecule has 1 aromatic heterocycles. The number of benzene rings is 1. The maximum Gasteiger partial charge on any atom is 0.318 e. The Kier molecular flexibility index (Phi) is 6.61. The molecule has 0 radical (unpaired) electrons. The van der Waals surface area contributed by atoms with Crippen LogP contribution < -0.4 is 10.6 Å². The Morgan fingerprint density at radius 1 is 1.27 bits per heavy atom. The van der Waals surface area contributed by atoms with Crippen LogP contribution in [0.1, 0.15) is 42.6 Å². The van der Waals surface area contributed by atoms with E-state index in [-0.39, 0.29) is 12.1 Å². The zero-order chi connectivity index (χ0) is 21.1. The highest BCUT2D eigenvalue weighted by Crippen LogP contribution is 2.26. The molecular weight excluding hydrogens is 425 g/mol. The molecule has 0 unspecified atom stereocenters. The summed E-state index contributed by atoms with van der Waals surface area (Å²) in [7, 11) is 0. The minimum Gasteiger partial charge on any atom is -0.381 e. The second kappa shape index (κ2) is 9.37. The van der Waals surface area contributed by atoms with Crippen molar-refractivity contribution >= 4 is 35.2 Å². The number of hydrogen-bond donors (Lipinski definition) is 2. The van der Waals surface area contributed by atoms with Gasteiger partial charge in [0.05, 0.1) is 28.3 Å². The lowest BCUT2D eigenvalue weighted by Crippen LogP contribution is -2.44. The van der Waals surface area contributed by atoms with Gasteiger partial charge in [0, 0.05) is 32.0 Å². The van der Waals surface area contributed by atoms with Crippen LogP contribution in [0, 0.1) is 0 Å². The number of halogens is 2. The number of fused-ring (bicyclic) bond motifs is 1. The summed E-state index contributed by atoms with van der Waals surface area (Å²) in [6, 6.07) is 5.39. The van der Waals surface area contributed by atoms with Gasteiger partial charge >= 0.3 is 6.03 Å². The highest BCUT2D eigenvalue weighted by atomic mass is 35.5. The normalized spacial score (nSPS) is 17.9. The summed E-state index contributed by atoms with van der Waals surface area (Å²) < 4.78 is 5.40. The molecule has 160 valence electrons. The second-order valence-corrected chi connectivity index (χ2v) is 8.53. The van der Waals surface area contributed by atoms with Crippen LogP contribution in [0.25, 0.3) is 0 Å². The summed E-state index contributed by atoms with van der Waals surface area (Å²) in [6.45, 7) is 4.53. The first kappa shape index (κ1) is 21.2. The molecule has 0 aliphatic carbocycles. The van der Waals surface area contributed by atoms with Gasteiger partial charge in [0.25, 0.3) is 0 Å². The molecule has 7 nitrogen and oxygen atoms in total. The molecule has 2 aliphatic heterocycles. The van der Waals surface area contributed by atoms with Gasteiger partial charge in [-0.3, -0.25) is 0 Å². The second-order valence-electron chi connectivity index (χ2n) is 7.71. The Morgan fingerprint density at radius 3 is 2.83 bits per heavy atom. The molecule has 0 spiro atoms. The zero-order valence-corrected chi connectivity index (χ0v) is 18.3. The lowest BCUT2D eigenvalue weighted by Gasteiger charge is -2.30. The van der Waals surface area contributed by atoms with Gasteiger partial charge in [0.1, 0.15) is 0 Å². The minimum atomic E-state index is -0.190. The van der Waals surface area contributed by atoms with Crippen LogP contribution in [0.15, 0.2) is 24.4 Å². The smallest absolute Gasteiger partial charge is 0.318 e. The molecule has 3 heterocycles. The number of amides is 2. The van der Waals surface area contributed by atoms with Crippen molar-refractivity contribution in [3.05, 3.63) is 51.3 Å². The number of rotatable bonds is 4. The van der Waals surface area contributed by atoms with E-state index >= 15 is 0 Å². The summed E-state index contributed by atoms with van der Waals surface area (Å²) in [5.74, 6) is 0.618. The maximum atomic E-state index is 12.8. The standard InChI is InChI=1S/C21H25Cl2N5O2/c1-13(14-2-3-17(22)18(23)10-14)25-21(29)28-7-4-15-11-24-20(27-19(15)12-28)26-16-5-8-30-9-6-16/h2-3,10-11,13,16H,4-9,12H2,1H3,(H,25,29)(H,24,26,27)/t13-/m1/s1. The topological polar surface area (TPSA) is 79.4 Å². The predicted molar refractivity (Wildman–Crippen MR) is 117 cm³/mol. The molecule has 9 heteroatoms. The number of ether oxygens (including phenoxy) is 1. The Bertz CT molecular complexity index is 920. The Morgan fingerprint density at radius 2 is 2.07 bits per heavy atom. The van der Waals surface area contributed by atoms with E-state index in [1.54, 1.807) is 17.0 Å². The molecule has 0 saturated carbocycles. The molecule has 1 fully saturated rings. The fourth-order valence-electron chi connectivity index (χ4n) is 3.71.